The molecule has 2 fully saturated rings. The van der Waals surface area contributed by atoms with Crippen molar-refractivity contribution in [2.75, 3.05) is 19.7 Å². The molecule has 19 heavy (non-hydrogen) atoms. The maximum absolute atomic E-state index is 6.71. The van der Waals surface area contributed by atoms with Crippen molar-refractivity contribution >= 4 is 0 Å². The molecule has 0 saturated heterocycles. The molecule has 2 saturated carbocycles. The summed E-state index contributed by atoms with van der Waals surface area (Å²) >= 11 is 0. The number of hydrogen-bond acceptors (Lipinski definition) is 3. The zero-order valence-corrected chi connectivity index (χ0v) is 13.4. The van der Waals surface area contributed by atoms with Gasteiger partial charge in [0.2, 0.25) is 0 Å². The molecule has 0 aromatic heterocycles. The fourth-order valence-electron chi connectivity index (χ4n) is 3.23. The number of ether oxygens (including phenoxy) is 1. The van der Waals surface area contributed by atoms with Crippen LogP contribution in [0.1, 0.15) is 53.9 Å². The van der Waals surface area contributed by atoms with E-state index in [0.717, 1.165) is 25.5 Å². The second kappa shape index (κ2) is 5.34. The predicted octanol–water partition coefficient (Wildman–Crippen LogP) is 2.64. The molecule has 0 bridgehead atoms. The van der Waals surface area contributed by atoms with E-state index in [4.69, 9.17) is 10.5 Å². The third-order valence-corrected chi connectivity index (χ3v) is 5.41. The van der Waals surface area contributed by atoms with E-state index in [1.807, 2.05) is 0 Å². The Kier molecular flexibility index (Phi) is 4.29. The first kappa shape index (κ1) is 15.3. The van der Waals surface area contributed by atoms with Gasteiger partial charge in [-0.3, -0.25) is 4.90 Å². The molecule has 2 N–H and O–H groups in total. The second-order valence-corrected chi connectivity index (χ2v) is 7.49. The molecule has 2 unspecified atom stereocenters. The van der Waals surface area contributed by atoms with Gasteiger partial charge >= 0.3 is 0 Å². The van der Waals surface area contributed by atoms with Crippen molar-refractivity contribution in [3.8, 4) is 0 Å². The minimum absolute atomic E-state index is 0.0830. The van der Waals surface area contributed by atoms with Crippen LogP contribution in [0.5, 0.6) is 0 Å². The maximum Gasteiger partial charge on any atom is 0.0662 e. The van der Waals surface area contributed by atoms with E-state index >= 15 is 0 Å². The van der Waals surface area contributed by atoms with Crippen LogP contribution in [0.3, 0.4) is 0 Å². The number of nitrogens with zero attached hydrogens (tertiary/aromatic N) is 1. The average Bonchev–Trinajstić information content (AvgIpc) is 3.11. The van der Waals surface area contributed by atoms with Crippen LogP contribution in [-0.4, -0.2) is 42.3 Å². The highest BCUT2D eigenvalue weighted by atomic mass is 16.5. The first-order valence-corrected chi connectivity index (χ1v) is 7.94. The van der Waals surface area contributed by atoms with Gasteiger partial charge in [0.1, 0.15) is 0 Å². The fourth-order valence-corrected chi connectivity index (χ4v) is 3.23. The van der Waals surface area contributed by atoms with Gasteiger partial charge < -0.3 is 10.5 Å². The number of nitrogens with two attached hydrogens (primary N) is 1. The Hall–Kier alpha value is -0.120. The summed E-state index contributed by atoms with van der Waals surface area (Å²) in [5.74, 6) is 0.928. The summed E-state index contributed by atoms with van der Waals surface area (Å²) in [6, 6.07) is 0.586. The summed E-state index contributed by atoms with van der Waals surface area (Å²) in [6.07, 6.45) is 4.15. The highest BCUT2D eigenvalue weighted by Crippen LogP contribution is 2.50. The molecule has 0 aromatic rings. The van der Waals surface area contributed by atoms with Gasteiger partial charge in [-0.05, 0) is 46.0 Å². The van der Waals surface area contributed by atoms with Gasteiger partial charge in [-0.25, -0.2) is 0 Å². The Bertz CT molecular complexity index is 312. The molecule has 3 nitrogen and oxygen atoms in total. The van der Waals surface area contributed by atoms with Crippen molar-refractivity contribution in [3.05, 3.63) is 0 Å². The van der Waals surface area contributed by atoms with Crippen LogP contribution in [0.4, 0.5) is 0 Å². The molecule has 3 heteroatoms. The Balaban J connectivity index is 1.96. The quantitative estimate of drug-likeness (QED) is 0.771. The zero-order chi connectivity index (χ0) is 14.3. The van der Waals surface area contributed by atoms with Gasteiger partial charge in [-0.15, -0.1) is 0 Å². The molecule has 2 aliphatic rings. The fraction of sp³-hybridized carbons (Fsp3) is 1.00. The van der Waals surface area contributed by atoms with Gasteiger partial charge in [-0.1, -0.05) is 13.8 Å². The number of rotatable bonds is 7. The van der Waals surface area contributed by atoms with Crippen LogP contribution in [0, 0.1) is 11.3 Å². The Morgan fingerprint density at radius 2 is 1.95 bits per heavy atom. The largest absolute Gasteiger partial charge is 0.378 e. The van der Waals surface area contributed by atoms with E-state index in [-0.39, 0.29) is 11.0 Å². The molecular formula is C16H32N2O. The molecule has 2 rings (SSSR count). The summed E-state index contributed by atoms with van der Waals surface area (Å²) < 4.78 is 5.83. The van der Waals surface area contributed by atoms with Gasteiger partial charge in [0.15, 0.2) is 0 Å². The van der Waals surface area contributed by atoms with Crippen molar-refractivity contribution in [2.45, 2.75) is 71.6 Å². The van der Waals surface area contributed by atoms with E-state index in [1.165, 1.54) is 19.4 Å². The van der Waals surface area contributed by atoms with Crippen molar-refractivity contribution in [1.29, 1.82) is 0 Å². The third kappa shape index (κ3) is 2.98. The van der Waals surface area contributed by atoms with E-state index in [1.54, 1.807) is 0 Å². The van der Waals surface area contributed by atoms with Gasteiger partial charge in [0.25, 0.3) is 0 Å². The molecule has 2 aliphatic carbocycles. The molecule has 0 aromatic carbocycles. The average molecular weight is 268 g/mol. The van der Waals surface area contributed by atoms with E-state index in [9.17, 15) is 0 Å². The van der Waals surface area contributed by atoms with Crippen LogP contribution in [0.2, 0.25) is 0 Å². The minimum Gasteiger partial charge on any atom is -0.378 e. The van der Waals surface area contributed by atoms with E-state index < -0.39 is 0 Å². The monoisotopic (exact) mass is 268 g/mol. The highest BCUT2D eigenvalue weighted by Gasteiger charge is 2.59. The Labute approximate surface area is 118 Å². The summed E-state index contributed by atoms with van der Waals surface area (Å²) in [5.41, 5.74) is 6.71. The Morgan fingerprint density at radius 3 is 2.37 bits per heavy atom. The zero-order valence-electron chi connectivity index (χ0n) is 13.4. The summed E-state index contributed by atoms with van der Waals surface area (Å²) in [7, 11) is 0. The van der Waals surface area contributed by atoms with E-state index in [0.29, 0.717) is 12.1 Å². The predicted molar refractivity (Wildman–Crippen MR) is 80.2 cm³/mol. The van der Waals surface area contributed by atoms with Crippen molar-refractivity contribution < 1.29 is 4.74 Å². The molecule has 0 amide bonds. The van der Waals surface area contributed by atoms with E-state index in [2.05, 4.69) is 39.5 Å². The summed E-state index contributed by atoms with van der Waals surface area (Å²) in [4.78, 5) is 2.58. The summed E-state index contributed by atoms with van der Waals surface area (Å²) in [6.45, 7) is 14.2. The molecular weight excluding hydrogens is 236 g/mol. The van der Waals surface area contributed by atoms with Crippen molar-refractivity contribution in [1.82, 2.24) is 4.90 Å². The maximum atomic E-state index is 6.71. The molecule has 0 radical (unpaired) electrons. The smallest absolute Gasteiger partial charge is 0.0662 e. The normalized spacial score (nSPS) is 33.8. The lowest BCUT2D eigenvalue weighted by Crippen LogP contribution is -2.74. The molecule has 0 spiro atoms. The molecule has 0 aliphatic heterocycles. The summed E-state index contributed by atoms with van der Waals surface area (Å²) in [5, 5.41) is 0. The van der Waals surface area contributed by atoms with Crippen LogP contribution >= 0.6 is 0 Å². The minimum atomic E-state index is -0.0913. The van der Waals surface area contributed by atoms with Gasteiger partial charge in [0.05, 0.1) is 6.10 Å². The Morgan fingerprint density at radius 1 is 1.32 bits per heavy atom. The topological polar surface area (TPSA) is 38.5 Å². The standard InChI is InChI=1S/C16H32N2O/c1-6-19-14-9-16(17,15(14,4)5)11-18(12(2)3)10-13-7-8-13/h12-14H,6-11,17H2,1-5H3. The third-order valence-electron chi connectivity index (χ3n) is 5.41. The lowest BCUT2D eigenvalue weighted by atomic mass is 9.54. The molecule has 0 heterocycles. The van der Waals surface area contributed by atoms with Crippen LogP contribution in [-0.2, 0) is 4.74 Å². The van der Waals surface area contributed by atoms with Crippen LogP contribution in [0.25, 0.3) is 0 Å². The first-order chi connectivity index (χ1) is 8.80. The van der Waals surface area contributed by atoms with Gasteiger partial charge in [-0.2, -0.15) is 0 Å². The van der Waals surface area contributed by atoms with Gasteiger partial charge in [0, 0.05) is 36.7 Å². The lowest BCUT2D eigenvalue weighted by Gasteiger charge is -2.60. The first-order valence-electron chi connectivity index (χ1n) is 7.94. The number of hydrogen-bond donors (Lipinski definition) is 1. The highest BCUT2D eigenvalue weighted by molar-refractivity contribution is 5.15. The van der Waals surface area contributed by atoms with Crippen molar-refractivity contribution in [2.24, 2.45) is 17.1 Å². The SMILES string of the molecule is CCOC1CC(N)(CN(CC2CC2)C(C)C)C1(C)C. The second-order valence-electron chi connectivity index (χ2n) is 7.49. The van der Waals surface area contributed by atoms with Crippen LogP contribution < -0.4 is 5.73 Å². The molecule has 2 atom stereocenters. The molecule has 112 valence electrons. The lowest BCUT2D eigenvalue weighted by molar-refractivity contribution is -0.158. The van der Waals surface area contributed by atoms with Crippen LogP contribution in [0.15, 0.2) is 0 Å². The van der Waals surface area contributed by atoms with Crippen molar-refractivity contribution in [3.63, 3.8) is 0 Å².